The molecule has 1 saturated heterocycles. The van der Waals surface area contributed by atoms with Gasteiger partial charge >= 0.3 is 11.9 Å². The molecule has 146 valence electrons. The molecular weight excluding hydrogens is 358 g/mol. The number of carbonyl (C=O) groups is 2. The normalized spacial score (nSPS) is 15.6. The quantitative estimate of drug-likeness (QED) is 0.664. The Hall–Kier alpha value is -3.02. The van der Waals surface area contributed by atoms with E-state index < -0.39 is 5.97 Å². The van der Waals surface area contributed by atoms with E-state index in [0.717, 1.165) is 0 Å². The number of ether oxygens (including phenoxy) is 2. The summed E-state index contributed by atoms with van der Waals surface area (Å²) in [5.74, 6) is -0.722. The number of hydrogen-bond acceptors (Lipinski definition) is 11. The van der Waals surface area contributed by atoms with Gasteiger partial charge in [0.15, 0.2) is 5.69 Å². The van der Waals surface area contributed by atoms with E-state index >= 15 is 0 Å². The highest BCUT2D eigenvalue weighted by atomic mass is 16.6. The van der Waals surface area contributed by atoms with Crippen LogP contribution in [0, 0.1) is 5.92 Å². The van der Waals surface area contributed by atoms with Crippen LogP contribution in [0.1, 0.15) is 35.9 Å². The molecule has 3 heterocycles. The largest absolute Gasteiger partial charge is 0.466 e. The molecule has 3 rings (SSSR count). The average molecular weight is 379 g/mol. The molecule has 0 amide bonds. The van der Waals surface area contributed by atoms with Crippen LogP contribution in [-0.4, -0.2) is 69.0 Å². The molecule has 0 atom stereocenters. The second-order valence-corrected chi connectivity index (χ2v) is 6.06. The van der Waals surface area contributed by atoms with E-state index in [2.05, 4.69) is 30.2 Å². The first-order chi connectivity index (χ1) is 13.0. The maximum Gasteiger partial charge on any atom is 0.360 e. The van der Waals surface area contributed by atoms with Crippen molar-refractivity contribution >= 4 is 17.8 Å². The van der Waals surface area contributed by atoms with Crippen molar-refractivity contribution in [2.24, 2.45) is 5.92 Å². The third-order valence-electron chi connectivity index (χ3n) is 4.42. The molecule has 2 aromatic rings. The highest BCUT2D eigenvalue weighted by Crippen LogP contribution is 2.23. The molecule has 0 spiro atoms. The number of nitrogens with zero attached hydrogens (tertiary/aromatic N) is 6. The number of hydrogen-bond donors (Lipinski definition) is 1. The molecule has 0 aromatic carbocycles. The van der Waals surface area contributed by atoms with Gasteiger partial charge in [-0.05, 0) is 43.2 Å². The Bertz CT molecular complexity index is 809. The predicted octanol–water partition coefficient (Wildman–Crippen LogP) is -0.206. The van der Waals surface area contributed by atoms with Crippen LogP contribution in [0.25, 0.3) is 5.82 Å². The fourth-order valence-corrected chi connectivity index (χ4v) is 3.01. The molecular formula is C15H21N7O5. The van der Waals surface area contributed by atoms with Crippen LogP contribution < -0.4 is 5.73 Å². The van der Waals surface area contributed by atoms with Gasteiger partial charge in [0, 0.05) is 6.54 Å². The number of aromatic nitrogens is 5. The number of carbonyl (C=O) groups excluding carboxylic acids is 2. The Kier molecular flexibility index (Phi) is 5.64. The first-order valence-corrected chi connectivity index (χ1v) is 8.55. The fraction of sp³-hybridized carbons (Fsp3) is 0.600. The molecule has 27 heavy (non-hydrogen) atoms. The summed E-state index contributed by atoms with van der Waals surface area (Å²) >= 11 is 0. The standard InChI is InChI=1S/C15H21N7O5/c1-3-26-14(23)9-4-6-21(7-5-9)8-10-11(15(24)25-2)17-20-22(10)13-12(16)18-27-19-13/h9H,3-8H2,1-2H3,(H2,16,18). The van der Waals surface area contributed by atoms with Crippen LogP contribution in [0.2, 0.25) is 0 Å². The molecule has 1 aliphatic rings. The zero-order valence-electron chi connectivity index (χ0n) is 15.1. The lowest BCUT2D eigenvalue weighted by atomic mass is 9.97. The van der Waals surface area contributed by atoms with Crippen molar-refractivity contribution in [1.29, 1.82) is 0 Å². The molecule has 2 N–H and O–H groups in total. The number of anilines is 1. The Morgan fingerprint density at radius 1 is 1.30 bits per heavy atom. The minimum Gasteiger partial charge on any atom is -0.466 e. The van der Waals surface area contributed by atoms with Crippen LogP contribution in [-0.2, 0) is 20.8 Å². The maximum absolute atomic E-state index is 12.0. The molecule has 0 bridgehead atoms. The van der Waals surface area contributed by atoms with Gasteiger partial charge in [-0.25, -0.2) is 9.42 Å². The minimum atomic E-state index is -0.618. The molecule has 1 fully saturated rings. The smallest absolute Gasteiger partial charge is 0.360 e. The van der Waals surface area contributed by atoms with E-state index in [1.165, 1.54) is 11.8 Å². The molecule has 0 radical (unpaired) electrons. The molecule has 0 saturated carbocycles. The van der Waals surface area contributed by atoms with Crippen molar-refractivity contribution in [2.75, 3.05) is 32.5 Å². The molecule has 0 aliphatic carbocycles. The summed E-state index contributed by atoms with van der Waals surface area (Å²) in [6.45, 7) is 3.82. The van der Waals surface area contributed by atoms with Crippen molar-refractivity contribution in [1.82, 2.24) is 30.2 Å². The summed E-state index contributed by atoms with van der Waals surface area (Å²) in [5.41, 5.74) is 6.26. The first-order valence-electron chi connectivity index (χ1n) is 8.55. The van der Waals surface area contributed by atoms with Crippen LogP contribution in [0.5, 0.6) is 0 Å². The van der Waals surface area contributed by atoms with Gasteiger partial charge in [-0.3, -0.25) is 9.69 Å². The highest BCUT2D eigenvalue weighted by molar-refractivity contribution is 5.88. The van der Waals surface area contributed by atoms with Gasteiger partial charge in [0.25, 0.3) is 0 Å². The Labute approximate surface area is 154 Å². The molecule has 2 aromatic heterocycles. The number of esters is 2. The third-order valence-corrected chi connectivity index (χ3v) is 4.42. The van der Waals surface area contributed by atoms with E-state index in [-0.39, 0.29) is 29.2 Å². The Balaban J connectivity index is 1.78. The van der Waals surface area contributed by atoms with Gasteiger partial charge < -0.3 is 15.2 Å². The summed E-state index contributed by atoms with van der Waals surface area (Å²) in [6.07, 6.45) is 1.34. The summed E-state index contributed by atoms with van der Waals surface area (Å²) in [5, 5.41) is 15.1. The predicted molar refractivity (Wildman–Crippen MR) is 89.6 cm³/mol. The second kappa shape index (κ2) is 8.12. The zero-order chi connectivity index (χ0) is 19.4. The van der Waals surface area contributed by atoms with Gasteiger partial charge in [0.05, 0.1) is 25.3 Å². The Morgan fingerprint density at radius 3 is 2.63 bits per heavy atom. The van der Waals surface area contributed by atoms with Crippen molar-refractivity contribution in [2.45, 2.75) is 26.3 Å². The van der Waals surface area contributed by atoms with Gasteiger partial charge in [-0.2, -0.15) is 4.68 Å². The van der Waals surface area contributed by atoms with Gasteiger partial charge in [0.2, 0.25) is 11.6 Å². The molecule has 12 nitrogen and oxygen atoms in total. The third kappa shape index (κ3) is 3.89. The molecule has 0 unspecified atom stereocenters. The number of nitrogen functional groups attached to an aromatic ring is 1. The van der Waals surface area contributed by atoms with Gasteiger partial charge in [-0.1, -0.05) is 5.21 Å². The first kappa shape index (κ1) is 18.8. The Morgan fingerprint density at radius 2 is 2.04 bits per heavy atom. The van der Waals surface area contributed by atoms with E-state index in [1.807, 2.05) is 0 Å². The molecule has 12 heteroatoms. The summed E-state index contributed by atoms with van der Waals surface area (Å²) in [7, 11) is 1.27. The van der Waals surface area contributed by atoms with E-state index in [9.17, 15) is 9.59 Å². The lowest BCUT2D eigenvalue weighted by molar-refractivity contribution is -0.149. The summed E-state index contributed by atoms with van der Waals surface area (Å²) in [4.78, 5) is 26.0. The number of rotatable bonds is 6. The van der Waals surface area contributed by atoms with E-state index in [4.69, 9.17) is 15.2 Å². The SMILES string of the molecule is CCOC(=O)C1CCN(Cc2c(C(=O)OC)nnn2-c2nonc2N)CC1. The van der Waals surface area contributed by atoms with Crippen molar-refractivity contribution in [3.63, 3.8) is 0 Å². The topological polar surface area (TPSA) is 151 Å². The van der Waals surface area contributed by atoms with Gasteiger partial charge in [0.1, 0.15) is 0 Å². The average Bonchev–Trinajstić information content (AvgIpc) is 3.27. The number of nitrogens with two attached hydrogens (primary N) is 1. The van der Waals surface area contributed by atoms with Crippen LogP contribution >= 0.6 is 0 Å². The summed E-state index contributed by atoms with van der Waals surface area (Å²) in [6, 6.07) is 0. The summed E-state index contributed by atoms with van der Waals surface area (Å²) < 4.78 is 15.8. The molecule has 1 aliphatic heterocycles. The van der Waals surface area contributed by atoms with Crippen LogP contribution in [0.15, 0.2) is 4.63 Å². The van der Waals surface area contributed by atoms with Crippen molar-refractivity contribution in [3.05, 3.63) is 11.4 Å². The minimum absolute atomic E-state index is 0.0265. The van der Waals surface area contributed by atoms with E-state index in [1.54, 1.807) is 6.92 Å². The van der Waals surface area contributed by atoms with E-state index in [0.29, 0.717) is 44.8 Å². The van der Waals surface area contributed by atoms with Crippen LogP contribution in [0.4, 0.5) is 5.82 Å². The highest BCUT2D eigenvalue weighted by Gasteiger charge is 2.30. The van der Waals surface area contributed by atoms with Crippen LogP contribution in [0.3, 0.4) is 0 Å². The van der Waals surface area contributed by atoms with Gasteiger partial charge in [-0.15, -0.1) is 5.10 Å². The number of likely N-dealkylation sites (tertiary alicyclic amines) is 1. The second-order valence-electron chi connectivity index (χ2n) is 6.06. The monoisotopic (exact) mass is 379 g/mol. The fourth-order valence-electron chi connectivity index (χ4n) is 3.01. The lowest BCUT2D eigenvalue weighted by Gasteiger charge is -2.30. The lowest BCUT2D eigenvalue weighted by Crippen LogP contribution is -2.37. The number of piperidine rings is 1. The van der Waals surface area contributed by atoms with Crippen molar-refractivity contribution < 1.29 is 23.7 Å². The maximum atomic E-state index is 12.0. The van der Waals surface area contributed by atoms with Crippen molar-refractivity contribution in [3.8, 4) is 5.82 Å². The zero-order valence-corrected chi connectivity index (χ0v) is 15.1. The number of methoxy groups -OCH3 is 1.